The van der Waals surface area contributed by atoms with Crippen LogP contribution in [0.2, 0.25) is 5.02 Å². The van der Waals surface area contributed by atoms with Gasteiger partial charge in [0.25, 0.3) is 6.43 Å². The molecule has 2 aromatic heterocycles. The third-order valence-electron chi connectivity index (χ3n) is 1.75. The molecule has 2 heterocycles. The number of nitrogens with zero attached hydrogens (tertiary/aromatic N) is 2. The zero-order chi connectivity index (χ0) is 9.42. The molecule has 0 atom stereocenters. The zero-order valence-electron chi connectivity index (χ0n) is 6.42. The number of hydrogen-bond donors (Lipinski definition) is 0. The van der Waals surface area contributed by atoms with Crippen LogP contribution in [-0.2, 0) is 0 Å². The predicted molar refractivity (Wildman–Crippen MR) is 45.2 cm³/mol. The lowest BCUT2D eigenvalue weighted by Crippen LogP contribution is -1.99. The highest BCUT2D eigenvalue weighted by Gasteiger charge is 2.16. The summed E-state index contributed by atoms with van der Waals surface area (Å²) in [6, 6.07) is 4.73. The average Bonchev–Trinajstić information content (AvgIpc) is 2.50. The van der Waals surface area contributed by atoms with E-state index in [4.69, 9.17) is 11.6 Å². The van der Waals surface area contributed by atoms with Crippen molar-refractivity contribution in [2.45, 2.75) is 6.43 Å². The van der Waals surface area contributed by atoms with Crippen LogP contribution in [0.4, 0.5) is 8.78 Å². The molecule has 0 aliphatic heterocycles. The number of alkyl halides is 2. The first-order valence-corrected chi connectivity index (χ1v) is 3.98. The van der Waals surface area contributed by atoms with Crippen LogP contribution in [0.15, 0.2) is 24.4 Å². The van der Waals surface area contributed by atoms with Gasteiger partial charge in [-0.05, 0) is 18.2 Å². The smallest absolute Gasteiger partial charge is 0.230 e. The molecule has 0 N–H and O–H groups in total. The van der Waals surface area contributed by atoms with Crippen LogP contribution in [0, 0.1) is 0 Å². The molecule has 0 amide bonds. The fraction of sp³-hybridized carbons (Fsp3) is 0.125. The maximum Gasteiger partial charge on any atom is 0.281 e. The molecule has 68 valence electrons. The zero-order valence-corrected chi connectivity index (χ0v) is 7.17. The van der Waals surface area contributed by atoms with E-state index >= 15 is 0 Å². The molecule has 2 nitrogen and oxygen atoms in total. The van der Waals surface area contributed by atoms with Crippen LogP contribution >= 0.6 is 11.6 Å². The molecule has 0 saturated carbocycles. The lowest BCUT2D eigenvalue weighted by molar-refractivity contribution is 0.143. The van der Waals surface area contributed by atoms with Crippen molar-refractivity contribution in [3.05, 3.63) is 35.1 Å². The molecule has 0 aromatic carbocycles. The van der Waals surface area contributed by atoms with Gasteiger partial charge >= 0.3 is 0 Å². The molecule has 0 aliphatic carbocycles. The first-order valence-electron chi connectivity index (χ1n) is 3.60. The molecule has 0 unspecified atom stereocenters. The monoisotopic (exact) mass is 202 g/mol. The summed E-state index contributed by atoms with van der Waals surface area (Å²) in [5, 5.41) is 3.79. The number of aromatic nitrogens is 2. The Labute approximate surface area is 77.7 Å². The number of fused-ring (bicyclic) bond motifs is 1. The SMILES string of the molecule is FC(F)c1c(Cl)ccc2ccnn12. The second kappa shape index (κ2) is 2.96. The highest BCUT2D eigenvalue weighted by atomic mass is 35.5. The van der Waals surface area contributed by atoms with Crippen LogP contribution < -0.4 is 0 Å². The summed E-state index contributed by atoms with van der Waals surface area (Å²) in [5.41, 5.74) is 0.351. The van der Waals surface area contributed by atoms with Gasteiger partial charge in [-0.15, -0.1) is 0 Å². The highest BCUT2D eigenvalue weighted by Crippen LogP contribution is 2.27. The summed E-state index contributed by atoms with van der Waals surface area (Å²) in [4.78, 5) is 0. The summed E-state index contributed by atoms with van der Waals surface area (Å²) in [7, 11) is 0. The fourth-order valence-corrected chi connectivity index (χ4v) is 1.41. The molecule has 0 aliphatic rings. The Bertz CT molecular complexity index is 439. The largest absolute Gasteiger partial charge is 0.281 e. The molecule has 0 bridgehead atoms. The second-order valence-corrected chi connectivity index (χ2v) is 2.94. The summed E-state index contributed by atoms with van der Waals surface area (Å²) in [5.74, 6) is 0. The summed E-state index contributed by atoms with van der Waals surface area (Å²) in [6.45, 7) is 0. The van der Waals surface area contributed by atoms with Gasteiger partial charge in [-0.25, -0.2) is 13.3 Å². The van der Waals surface area contributed by atoms with Crippen molar-refractivity contribution in [2.75, 3.05) is 0 Å². The maximum atomic E-state index is 12.5. The molecule has 2 aromatic rings. The van der Waals surface area contributed by atoms with Gasteiger partial charge in [0.05, 0.1) is 10.5 Å². The van der Waals surface area contributed by atoms with Crippen molar-refractivity contribution in [3.8, 4) is 0 Å². The van der Waals surface area contributed by atoms with Crippen LogP contribution in [-0.4, -0.2) is 9.61 Å². The van der Waals surface area contributed by atoms with Crippen molar-refractivity contribution in [1.82, 2.24) is 9.61 Å². The van der Waals surface area contributed by atoms with Crippen LogP contribution in [0.25, 0.3) is 5.52 Å². The van der Waals surface area contributed by atoms with E-state index in [-0.39, 0.29) is 10.7 Å². The van der Waals surface area contributed by atoms with Gasteiger partial charge in [-0.3, -0.25) is 0 Å². The van der Waals surface area contributed by atoms with E-state index in [1.54, 1.807) is 12.1 Å². The Morgan fingerprint density at radius 3 is 2.77 bits per heavy atom. The van der Waals surface area contributed by atoms with Crippen molar-refractivity contribution in [2.24, 2.45) is 0 Å². The van der Waals surface area contributed by atoms with Crippen LogP contribution in [0.5, 0.6) is 0 Å². The van der Waals surface area contributed by atoms with Crippen molar-refractivity contribution < 1.29 is 8.78 Å². The Balaban J connectivity index is 2.80. The van der Waals surface area contributed by atoms with E-state index in [0.717, 1.165) is 4.52 Å². The fourth-order valence-electron chi connectivity index (χ4n) is 1.18. The van der Waals surface area contributed by atoms with E-state index in [0.29, 0.717) is 5.52 Å². The molecular formula is C8H5ClF2N2. The van der Waals surface area contributed by atoms with E-state index < -0.39 is 6.43 Å². The Kier molecular flexibility index (Phi) is 1.92. The topological polar surface area (TPSA) is 17.3 Å². The molecule has 0 radical (unpaired) electrons. The normalized spacial score (nSPS) is 11.4. The van der Waals surface area contributed by atoms with Gasteiger partial charge < -0.3 is 0 Å². The van der Waals surface area contributed by atoms with Gasteiger partial charge in [-0.2, -0.15) is 5.10 Å². The molecule has 13 heavy (non-hydrogen) atoms. The minimum absolute atomic E-state index is 0.0335. The summed E-state index contributed by atoms with van der Waals surface area (Å²) < 4.78 is 26.1. The minimum Gasteiger partial charge on any atom is -0.230 e. The van der Waals surface area contributed by atoms with Crippen molar-refractivity contribution >= 4 is 17.1 Å². The van der Waals surface area contributed by atoms with E-state index in [1.807, 2.05) is 0 Å². The van der Waals surface area contributed by atoms with Crippen LogP contribution in [0.1, 0.15) is 12.1 Å². The Morgan fingerprint density at radius 2 is 2.08 bits per heavy atom. The van der Waals surface area contributed by atoms with Crippen molar-refractivity contribution in [3.63, 3.8) is 0 Å². The van der Waals surface area contributed by atoms with Crippen LogP contribution in [0.3, 0.4) is 0 Å². The van der Waals surface area contributed by atoms with Gasteiger partial charge in [0.2, 0.25) is 0 Å². The molecule has 5 heteroatoms. The summed E-state index contributed by atoms with van der Waals surface area (Å²) >= 11 is 5.61. The second-order valence-electron chi connectivity index (χ2n) is 2.54. The van der Waals surface area contributed by atoms with Gasteiger partial charge in [0, 0.05) is 6.20 Å². The number of hydrogen-bond acceptors (Lipinski definition) is 1. The molecule has 0 fully saturated rings. The first-order chi connectivity index (χ1) is 6.20. The number of halogens is 3. The minimum atomic E-state index is -2.61. The predicted octanol–water partition coefficient (Wildman–Crippen LogP) is 2.93. The van der Waals surface area contributed by atoms with E-state index in [1.165, 1.54) is 12.3 Å². The molecular weight excluding hydrogens is 198 g/mol. The van der Waals surface area contributed by atoms with Gasteiger partial charge in [0.1, 0.15) is 5.69 Å². The van der Waals surface area contributed by atoms with Gasteiger partial charge in [0.15, 0.2) is 0 Å². The van der Waals surface area contributed by atoms with E-state index in [9.17, 15) is 8.78 Å². The quantitative estimate of drug-likeness (QED) is 0.695. The molecule has 0 spiro atoms. The average molecular weight is 203 g/mol. The standard InChI is InChI=1S/C8H5ClF2N2/c9-6-2-1-5-3-4-12-13(5)7(6)8(10)11/h1-4,8H. The number of rotatable bonds is 1. The number of pyridine rings is 1. The van der Waals surface area contributed by atoms with E-state index in [2.05, 4.69) is 5.10 Å². The lowest BCUT2D eigenvalue weighted by atomic mass is 10.3. The third kappa shape index (κ3) is 1.27. The maximum absolute atomic E-state index is 12.5. The Morgan fingerprint density at radius 1 is 1.31 bits per heavy atom. The Hall–Kier alpha value is -1.16. The van der Waals surface area contributed by atoms with Crippen molar-refractivity contribution in [1.29, 1.82) is 0 Å². The first kappa shape index (κ1) is 8.44. The highest BCUT2D eigenvalue weighted by molar-refractivity contribution is 6.31. The summed E-state index contributed by atoms with van der Waals surface area (Å²) in [6.07, 6.45) is -1.16. The molecule has 0 saturated heterocycles. The molecule has 2 rings (SSSR count). The third-order valence-corrected chi connectivity index (χ3v) is 2.07. The van der Waals surface area contributed by atoms with Gasteiger partial charge in [-0.1, -0.05) is 11.6 Å². The lowest BCUT2D eigenvalue weighted by Gasteiger charge is -2.05.